The molecule has 1 saturated carbocycles. The van der Waals surface area contributed by atoms with Crippen molar-refractivity contribution in [2.75, 3.05) is 5.75 Å². The lowest BCUT2D eigenvalue weighted by Crippen LogP contribution is -2.17. The number of nitriles is 1. The van der Waals surface area contributed by atoms with Crippen molar-refractivity contribution in [3.8, 4) is 6.07 Å². The lowest BCUT2D eigenvalue weighted by molar-refractivity contribution is -0.141. The van der Waals surface area contributed by atoms with E-state index in [4.69, 9.17) is 0 Å². The van der Waals surface area contributed by atoms with Crippen LogP contribution in [0.3, 0.4) is 0 Å². The Morgan fingerprint density at radius 3 is 2.61 bits per heavy atom. The maximum Gasteiger partial charge on any atom is 0.433 e. The topological polar surface area (TPSA) is 101 Å². The number of pyridine rings is 1. The van der Waals surface area contributed by atoms with Crippen molar-refractivity contribution < 1.29 is 21.6 Å². The molecule has 2 aromatic rings. The Balaban J connectivity index is 1.88. The highest BCUT2D eigenvalue weighted by atomic mass is 32.2. The van der Waals surface area contributed by atoms with E-state index < -0.39 is 27.3 Å². The van der Waals surface area contributed by atoms with Crippen molar-refractivity contribution in [2.24, 2.45) is 16.9 Å². The first-order chi connectivity index (χ1) is 14.5. The number of fused-ring (bicyclic) bond motifs is 1. The van der Waals surface area contributed by atoms with E-state index in [-0.39, 0.29) is 29.2 Å². The highest BCUT2D eigenvalue weighted by Crippen LogP contribution is 2.53. The fraction of sp³-hybridized carbons (Fsp3) is 0.400. The minimum absolute atomic E-state index is 0.0869. The number of halogens is 3. The molecule has 0 spiro atoms. The zero-order valence-corrected chi connectivity index (χ0v) is 17.5. The van der Waals surface area contributed by atoms with E-state index in [1.54, 1.807) is 23.8 Å². The summed E-state index contributed by atoms with van der Waals surface area (Å²) in [6.45, 7) is 1.47. The number of aromatic nitrogens is 3. The van der Waals surface area contributed by atoms with Gasteiger partial charge in [0, 0.05) is 19.0 Å². The van der Waals surface area contributed by atoms with Gasteiger partial charge in [-0.25, -0.2) is 18.4 Å². The molecule has 2 aromatic heterocycles. The molecule has 0 amide bonds. The first kappa shape index (κ1) is 21.2. The van der Waals surface area contributed by atoms with Gasteiger partial charge in [0.15, 0.2) is 0 Å². The number of hydrogen-bond acceptors (Lipinski definition) is 5. The van der Waals surface area contributed by atoms with Crippen molar-refractivity contribution >= 4 is 32.3 Å². The summed E-state index contributed by atoms with van der Waals surface area (Å²) in [5.74, 6) is 0.0754. The lowest BCUT2D eigenvalue weighted by atomic mass is 9.86. The van der Waals surface area contributed by atoms with Crippen LogP contribution in [0.25, 0.3) is 16.6 Å². The van der Waals surface area contributed by atoms with Crippen molar-refractivity contribution in [3.63, 3.8) is 0 Å². The summed E-state index contributed by atoms with van der Waals surface area (Å²) in [6.07, 6.45) is 1.45. The molecule has 1 fully saturated rings. The minimum Gasteiger partial charge on any atom is -0.326 e. The zero-order chi connectivity index (χ0) is 22.6. The van der Waals surface area contributed by atoms with Gasteiger partial charge in [0.1, 0.15) is 11.5 Å². The molecule has 0 bridgehead atoms. The number of hydrogen-bond donors (Lipinski definition) is 0. The van der Waals surface area contributed by atoms with Gasteiger partial charge in [0.05, 0.1) is 40.2 Å². The molecule has 0 aliphatic heterocycles. The Hall–Kier alpha value is -3.00. The molecule has 0 atom stereocenters. The Morgan fingerprint density at radius 1 is 1.32 bits per heavy atom. The van der Waals surface area contributed by atoms with Gasteiger partial charge in [0.25, 0.3) is 10.0 Å². The third-order valence-corrected chi connectivity index (χ3v) is 6.84. The second kappa shape index (κ2) is 7.02. The Kier molecular flexibility index (Phi) is 4.81. The molecule has 31 heavy (non-hydrogen) atoms. The molecule has 2 aliphatic carbocycles. The lowest BCUT2D eigenvalue weighted by Gasteiger charge is -2.20. The number of sulfonamides is 1. The first-order valence-corrected chi connectivity index (χ1v) is 11.1. The van der Waals surface area contributed by atoms with Crippen LogP contribution < -0.4 is 0 Å². The Labute approximate surface area is 176 Å². The quantitative estimate of drug-likeness (QED) is 0.707. The van der Waals surface area contributed by atoms with E-state index in [0.717, 1.165) is 17.8 Å². The van der Waals surface area contributed by atoms with Crippen LogP contribution in [0.15, 0.2) is 34.4 Å². The average molecular weight is 449 g/mol. The summed E-state index contributed by atoms with van der Waals surface area (Å²) in [4.78, 5) is 7.80. The molecule has 2 heterocycles. The van der Waals surface area contributed by atoms with Gasteiger partial charge in [-0.1, -0.05) is 6.08 Å². The van der Waals surface area contributed by atoms with Crippen LogP contribution in [0, 0.1) is 16.7 Å². The first-order valence-electron chi connectivity index (χ1n) is 9.54. The summed E-state index contributed by atoms with van der Waals surface area (Å²) in [5, 5.41) is 9.50. The van der Waals surface area contributed by atoms with Gasteiger partial charge in [-0.3, -0.25) is 0 Å². The van der Waals surface area contributed by atoms with Crippen molar-refractivity contribution in [1.82, 2.24) is 14.5 Å². The van der Waals surface area contributed by atoms with E-state index in [9.17, 15) is 26.9 Å². The normalized spacial score (nSPS) is 19.8. The molecule has 0 N–H and O–H groups in total. The second-order valence-electron chi connectivity index (χ2n) is 7.60. The number of alkyl halides is 3. The average Bonchev–Trinajstić information content (AvgIpc) is 3.45. The van der Waals surface area contributed by atoms with Gasteiger partial charge in [0.2, 0.25) is 0 Å². The SMILES string of the molecule is CCS(=O)(=O)N=C1CC(C2(C#N)CC2)=CC=C1c1nc2cc(C(F)(F)F)ncc2n1C. The maximum atomic E-state index is 13.0. The molecule has 0 aromatic carbocycles. The summed E-state index contributed by atoms with van der Waals surface area (Å²) in [5.41, 5.74) is 0.192. The minimum atomic E-state index is -4.61. The standard InChI is InChI=1S/C20H18F3N5O2S/c1-3-31(29,30)27-14-8-12(19(11-24)6-7-19)4-5-13(14)18-26-15-9-17(20(21,22)23)25-10-16(15)28(18)2/h4-5,9-10H,3,6-8H2,1-2H3. The molecule has 0 unspecified atom stereocenters. The van der Waals surface area contributed by atoms with Crippen LogP contribution in [0.4, 0.5) is 13.2 Å². The predicted molar refractivity (Wildman–Crippen MR) is 108 cm³/mol. The van der Waals surface area contributed by atoms with E-state index in [1.807, 2.05) is 0 Å². The van der Waals surface area contributed by atoms with Crippen molar-refractivity contribution in [3.05, 3.63) is 41.5 Å². The molecule has 2 aliphatic rings. The largest absolute Gasteiger partial charge is 0.433 e. The maximum absolute atomic E-state index is 13.0. The van der Waals surface area contributed by atoms with E-state index in [2.05, 4.69) is 20.4 Å². The van der Waals surface area contributed by atoms with Crippen LogP contribution in [0.5, 0.6) is 0 Å². The van der Waals surface area contributed by atoms with Crippen LogP contribution in [0.2, 0.25) is 0 Å². The molecular formula is C20H18F3N5O2S. The molecule has 11 heteroatoms. The summed E-state index contributed by atoms with van der Waals surface area (Å²) < 4.78 is 69.1. The fourth-order valence-corrected chi connectivity index (χ4v) is 4.20. The monoisotopic (exact) mass is 449 g/mol. The Morgan fingerprint density at radius 2 is 2.03 bits per heavy atom. The predicted octanol–water partition coefficient (Wildman–Crippen LogP) is 3.80. The summed E-state index contributed by atoms with van der Waals surface area (Å²) in [7, 11) is -2.13. The zero-order valence-electron chi connectivity index (χ0n) is 16.7. The number of imidazole rings is 1. The molecule has 0 radical (unpaired) electrons. The van der Waals surface area contributed by atoms with E-state index in [0.29, 0.717) is 23.9 Å². The highest BCUT2D eigenvalue weighted by Gasteiger charge is 2.47. The van der Waals surface area contributed by atoms with Gasteiger partial charge in [-0.15, -0.1) is 0 Å². The van der Waals surface area contributed by atoms with Gasteiger partial charge < -0.3 is 4.57 Å². The molecule has 7 nitrogen and oxygen atoms in total. The van der Waals surface area contributed by atoms with Crippen molar-refractivity contribution in [2.45, 2.75) is 32.4 Å². The fourth-order valence-electron chi connectivity index (χ4n) is 3.58. The van der Waals surface area contributed by atoms with E-state index in [1.165, 1.54) is 6.92 Å². The van der Waals surface area contributed by atoms with Crippen LogP contribution in [-0.4, -0.2) is 34.4 Å². The number of nitrogens with zero attached hydrogens (tertiary/aromatic N) is 5. The highest BCUT2D eigenvalue weighted by molar-refractivity contribution is 7.90. The number of allylic oxidation sites excluding steroid dienone is 4. The van der Waals surface area contributed by atoms with Gasteiger partial charge in [-0.05, 0) is 37.5 Å². The Bertz CT molecular complexity index is 1320. The van der Waals surface area contributed by atoms with Crippen molar-refractivity contribution in [1.29, 1.82) is 5.26 Å². The number of rotatable bonds is 4. The third-order valence-electron chi connectivity index (χ3n) is 5.61. The smallest absolute Gasteiger partial charge is 0.326 e. The molecule has 0 saturated heterocycles. The summed E-state index contributed by atoms with van der Waals surface area (Å²) >= 11 is 0. The molecule has 4 rings (SSSR count). The van der Waals surface area contributed by atoms with Gasteiger partial charge >= 0.3 is 6.18 Å². The second-order valence-corrected chi connectivity index (χ2v) is 9.53. The third kappa shape index (κ3) is 3.76. The van der Waals surface area contributed by atoms with Gasteiger partial charge in [-0.2, -0.15) is 22.8 Å². The molecule has 162 valence electrons. The van der Waals surface area contributed by atoms with Crippen LogP contribution in [0.1, 0.15) is 37.7 Å². The van der Waals surface area contributed by atoms with E-state index >= 15 is 0 Å². The number of aryl methyl sites for hydroxylation is 1. The van der Waals surface area contributed by atoms with Crippen LogP contribution >= 0.6 is 0 Å². The molecular weight excluding hydrogens is 431 g/mol. The summed E-state index contributed by atoms with van der Waals surface area (Å²) in [6, 6.07) is 3.15. The van der Waals surface area contributed by atoms with Crippen LogP contribution in [-0.2, 0) is 23.2 Å².